The number of fused-ring (bicyclic) bond motifs is 1. The van der Waals surface area contributed by atoms with Crippen molar-refractivity contribution in [3.63, 3.8) is 0 Å². The molecule has 0 bridgehead atoms. The lowest BCUT2D eigenvalue weighted by atomic mass is 9.86. The highest BCUT2D eigenvalue weighted by atomic mass is 32.1. The van der Waals surface area contributed by atoms with E-state index in [-0.39, 0.29) is 5.41 Å². The van der Waals surface area contributed by atoms with Crippen LogP contribution in [0.4, 0.5) is 0 Å². The van der Waals surface area contributed by atoms with E-state index >= 15 is 0 Å². The molecule has 0 spiro atoms. The molecular weight excluding hydrogens is 190 g/mol. The van der Waals surface area contributed by atoms with Crippen LogP contribution in [0.5, 0.6) is 0 Å². The maximum absolute atomic E-state index is 9.08. The summed E-state index contributed by atoms with van der Waals surface area (Å²) in [5, 5.41) is 12.4. The Morgan fingerprint density at radius 2 is 2.00 bits per heavy atom. The van der Waals surface area contributed by atoms with E-state index in [0.717, 1.165) is 5.56 Å². The van der Waals surface area contributed by atoms with E-state index in [1.807, 2.05) is 26.0 Å². The van der Waals surface area contributed by atoms with E-state index in [4.69, 9.17) is 5.26 Å². The first-order valence-corrected chi connectivity index (χ1v) is 5.41. The lowest BCUT2D eigenvalue weighted by Gasteiger charge is -2.13. The highest BCUT2D eigenvalue weighted by Crippen LogP contribution is 2.34. The zero-order valence-corrected chi connectivity index (χ0v) is 9.06. The molecule has 14 heavy (non-hydrogen) atoms. The van der Waals surface area contributed by atoms with Crippen molar-refractivity contribution >= 4 is 21.4 Å². The molecule has 2 aromatic rings. The largest absolute Gasteiger partial charge is 0.197 e. The molecule has 0 saturated carbocycles. The van der Waals surface area contributed by atoms with Gasteiger partial charge in [0.1, 0.15) is 0 Å². The van der Waals surface area contributed by atoms with Crippen LogP contribution >= 0.6 is 11.3 Å². The van der Waals surface area contributed by atoms with E-state index in [1.165, 1.54) is 10.1 Å². The molecule has 0 radical (unpaired) electrons. The number of thiophene rings is 1. The van der Waals surface area contributed by atoms with Gasteiger partial charge in [-0.3, -0.25) is 0 Å². The van der Waals surface area contributed by atoms with E-state index in [1.54, 1.807) is 11.3 Å². The van der Waals surface area contributed by atoms with E-state index in [9.17, 15) is 0 Å². The van der Waals surface area contributed by atoms with E-state index in [2.05, 4.69) is 23.6 Å². The van der Waals surface area contributed by atoms with Crippen molar-refractivity contribution in [2.24, 2.45) is 0 Å². The molecule has 2 rings (SSSR count). The lowest BCUT2D eigenvalue weighted by molar-refractivity contribution is 0.696. The third kappa shape index (κ3) is 1.30. The summed E-state index contributed by atoms with van der Waals surface area (Å²) >= 11 is 1.71. The second kappa shape index (κ2) is 3.11. The van der Waals surface area contributed by atoms with Gasteiger partial charge in [-0.15, -0.1) is 11.3 Å². The highest BCUT2D eigenvalue weighted by Gasteiger charge is 2.22. The molecule has 0 aliphatic carbocycles. The fourth-order valence-electron chi connectivity index (χ4n) is 1.52. The van der Waals surface area contributed by atoms with E-state index < -0.39 is 0 Å². The first-order valence-electron chi connectivity index (χ1n) is 4.53. The quantitative estimate of drug-likeness (QED) is 0.690. The predicted molar refractivity (Wildman–Crippen MR) is 60.5 cm³/mol. The maximum Gasteiger partial charge on any atom is 0.0780 e. The molecule has 0 amide bonds. The second-order valence-electron chi connectivity index (χ2n) is 3.88. The molecule has 1 nitrogen and oxygen atoms in total. The fraction of sp³-hybridized carbons (Fsp3) is 0.250. The van der Waals surface area contributed by atoms with Crippen LogP contribution in [-0.2, 0) is 5.41 Å². The van der Waals surface area contributed by atoms with Gasteiger partial charge in [0, 0.05) is 4.70 Å². The van der Waals surface area contributed by atoms with Crippen molar-refractivity contribution in [2.45, 2.75) is 19.3 Å². The molecule has 2 heteroatoms. The summed E-state index contributed by atoms with van der Waals surface area (Å²) in [5.74, 6) is 0. The number of benzene rings is 1. The first-order chi connectivity index (χ1) is 6.65. The van der Waals surface area contributed by atoms with Crippen molar-refractivity contribution in [1.29, 1.82) is 5.26 Å². The zero-order chi connectivity index (χ0) is 10.2. The smallest absolute Gasteiger partial charge is 0.0780 e. The minimum Gasteiger partial charge on any atom is -0.197 e. The van der Waals surface area contributed by atoms with Crippen LogP contribution in [0.25, 0.3) is 10.1 Å². The number of hydrogen-bond donors (Lipinski definition) is 0. The summed E-state index contributed by atoms with van der Waals surface area (Å²) in [5.41, 5.74) is 0.750. The van der Waals surface area contributed by atoms with Crippen molar-refractivity contribution < 1.29 is 0 Å². The van der Waals surface area contributed by atoms with Gasteiger partial charge < -0.3 is 0 Å². The summed E-state index contributed by atoms with van der Waals surface area (Å²) in [4.78, 5) is 0. The molecule has 0 N–H and O–H groups in total. The number of rotatable bonds is 1. The van der Waals surface area contributed by atoms with Gasteiger partial charge in [0.05, 0.1) is 11.5 Å². The van der Waals surface area contributed by atoms with Crippen LogP contribution in [-0.4, -0.2) is 0 Å². The molecule has 1 aromatic carbocycles. The van der Waals surface area contributed by atoms with Crippen molar-refractivity contribution in [2.75, 3.05) is 0 Å². The van der Waals surface area contributed by atoms with Crippen LogP contribution in [0, 0.1) is 11.3 Å². The summed E-state index contributed by atoms with van der Waals surface area (Å²) in [6, 6.07) is 10.6. The Hall–Kier alpha value is -1.33. The maximum atomic E-state index is 9.08. The van der Waals surface area contributed by atoms with Gasteiger partial charge in [0.2, 0.25) is 0 Å². The van der Waals surface area contributed by atoms with Crippen LogP contribution in [0.15, 0.2) is 29.6 Å². The lowest BCUT2D eigenvalue weighted by Crippen LogP contribution is -2.12. The first kappa shape index (κ1) is 9.23. The summed E-state index contributed by atoms with van der Waals surface area (Å²) < 4.78 is 1.26. The predicted octanol–water partition coefficient (Wildman–Crippen LogP) is 3.70. The molecule has 0 fully saturated rings. The summed E-state index contributed by atoms with van der Waals surface area (Å²) in [6.07, 6.45) is 0. The minimum absolute atomic E-state index is 0.389. The molecular formula is C12H11NS. The minimum atomic E-state index is -0.389. The molecule has 1 heterocycles. The van der Waals surface area contributed by atoms with Gasteiger partial charge in [-0.2, -0.15) is 5.26 Å². The van der Waals surface area contributed by atoms with Crippen molar-refractivity contribution in [3.8, 4) is 6.07 Å². The summed E-state index contributed by atoms with van der Waals surface area (Å²) in [7, 11) is 0. The Morgan fingerprint density at radius 3 is 2.71 bits per heavy atom. The second-order valence-corrected chi connectivity index (χ2v) is 4.79. The molecule has 1 aromatic heterocycles. The molecule has 70 valence electrons. The van der Waals surface area contributed by atoms with Crippen LogP contribution < -0.4 is 0 Å². The Labute approximate surface area is 87.6 Å². The average molecular weight is 201 g/mol. The van der Waals surface area contributed by atoms with Gasteiger partial charge in [-0.25, -0.2) is 0 Å². The number of hydrogen-bond acceptors (Lipinski definition) is 2. The molecule has 0 saturated heterocycles. The fourth-order valence-corrected chi connectivity index (χ4v) is 2.65. The SMILES string of the molecule is CC(C)(C#N)c1csc2ccccc12. The highest BCUT2D eigenvalue weighted by molar-refractivity contribution is 7.17. The van der Waals surface area contributed by atoms with Gasteiger partial charge in [-0.1, -0.05) is 18.2 Å². The standard InChI is InChI=1S/C12H11NS/c1-12(2,8-13)10-7-14-11-6-4-3-5-9(10)11/h3-7H,1-2H3. The van der Waals surface area contributed by atoms with Gasteiger partial charge in [0.15, 0.2) is 0 Å². The molecule has 0 aliphatic rings. The number of nitriles is 1. The zero-order valence-electron chi connectivity index (χ0n) is 8.24. The molecule has 0 aliphatic heterocycles. The Kier molecular flexibility index (Phi) is 2.05. The van der Waals surface area contributed by atoms with Crippen molar-refractivity contribution in [3.05, 3.63) is 35.2 Å². The van der Waals surface area contributed by atoms with E-state index in [0.29, 0.717) is 0 Å². The molecule has 0 unspecified atom stereocenters. The summed E-state index contributed by atoms with van der Waals surface area (Å²) in [6.45, 7) is 3.92. The van der Waals surface area contributed by atoms with Crippen LogP contribution in [0.1, 0.15) is 19.4 Å². The van der Waals surface area contributed by atoms with Crippen LogP contribution in [0.3, 0.4) is 0 Å². The van der Waals surface area contributed by atoms with Gasteiger partial charge in [-0.05, 0) is 36.2 Å². The normalized spacial score (nSPS) is 11.5. The Morgan fingerprint density at radius 1 is 1.29 bits per heavy atom. The number of nitrogens with zero attached hydrogens (tertiary/aromatic N) is 1. The third-order valence-electron chi connectivity index (χ3n) is 2.43. The Balaban J connectivity index is 2.72. The topological polar surface area (TPSA) is 23.8 Å². The molecule has 0 atom stereocenters. The van der Waals surface area contributed by atoms with Crippen LogP contribution in [0.2, 0.25) is 0 Å². The Bertz CT molecular complexity index is 502. The van der Waals surface area contributed by atoms with Gasteiger partial charge >= 0.3 is 0 Å². The monoisotopic (exact) mass is 201 g/mol. The third-order valence-corrected chi connectivity index (χ3v) is 3.40. The van der Waals surface area contributed by atoms with Gasteiger partial charge in [0.25, 0.3) is 0 Å². The van der Waals surface area contributed by atoms with Crippen molar-refractivity contribution in [1.82, 2.24) is 0 Å². The average Bonchev–Trinajstić information content (AvgIpc) is 2.61.